The maximum atomic E-state index is 9.41. The van der Waals surface area contributed by atoms with Crippen molar-refractivity contribution in [2.24, 2.45) is 10.1 Å². The van der Waals surface area contributed by atoms with Crippen LogP contribution in [0.1, 0.15) is 17.5 Å². The number of hydrazone groups is 1. The average molecular weight is 417 g/mol. The van der Waals surface area contributed by atoms with Crippen molar-refractivity contribution >= 4 is 39.3 Å². The number of aromatic nitrogens is 1. The lowest BCUT2D eigenvalue weighted by atomic mass is 10.2. The zero-order chi connectivity index (χ0) is 20.8. The topological polar surface area (TPSA) is 79.1 Å². The molecule has 0 aliphatic rings. The van der Waals surface area contributed by atoms with Crippen LogP contribution >= 0.6 is 11.3 Å². The smallest absolute Gasteiger partial charge is 0.183 e. The number of para-hydroxylation sites is 1. The maximum Gasteiger partial charge on any atom is 0.183 e. The van der Waals surface area contributed by atoms with E-state index in [9.17, 15) is 5.11 Å². The molecule has 6 nitrogen and oxygen atoms in total. The summed E-state index contributed by atoms with van der Waals surface area (Å²) in [6.07, 6.45) is 1.67. The summed E-state index contributed by atoms with van der Waals surface area (Å²) in [6.45, 7) is 2.57. The molecule has 1 heterocycles. The molecule has 0 radical (unpaired) electrons. The first-order valence-corrected chi connectivity index (χ1v) is 10.3. The number of ether oxygens (including phenoxy) is 1. The average Bonchev–Trinajstić information content (AvgIpc) is 3.20. The minimum Gasteiger partial charge on any atom is -0.508 e. The van der Waals surface area contributed by atoms with Crippen molar-refractivity contribution in [1.29, 1.82) is 0 Å². The van der Waals surface area contributed by atoms with E-state index < -0.39 is 0 Å². The van der Waals surface area contributed by atoms with Crippen LogP contribution in [0.3, 0.4) is 0 Å². The number of amidine groups is 1. The summed E-state index contributed by atoms with van der Waals surface area (Å²) in [6, 6.07) is 22.3. The number of phenols is 1. The Kier molecular flexibility index (Phi) is 6.01. The molecule has 0 fully saturated rings. The first kappa shape index (κ1) is 19.6. The molecule has 2 N–H and O–H groups in total. The van der Waals surface area contributed by atoms with Crippen molar-refractivity contribution < 1.29 is 9.84 Å². The molecule has 1 aromatic heterocycles. The standard InChI is InChI=1S/C23H20N4O2S/c1-2-29-19-13-9-17(10-14-19)25-22(23-26-20-5-3-4-6-21(20)30-23)27-24-15-16-7-11-18(28)12-8-16/h3-15,28H,2H2,1H3,(H,25,27). The van der Waals surface area contributed by atoms with Crippen LogP contribution in [-0.2, 0) is 0 Å². The van der Waals surface area contributed by atoms with E-state index in [0.29, 0.717) is 12.4 Å². The van der Waals surface area contributed by atoms with E-state index in [4.69, 9.17) is 9.73 Å². The summed E-state index contributed by atoms with van der Waals surface area (Å²) >= 11 is 1.55. The fourth-order valence-corrected chi connectivity index (χ4v) is 3.64. The van der Waals surface area contributed by atoms with Crippen molar-refractivity contribution in [3.8, 4) is 11.5 Å². The summed E-state index contributed by atoms with van der Waals surface area (Å²) in [5.41, 5.74) is 5.56. The van der Waals surface area contributed by atoms with Gasteiger partial charge in [-0.3, -0.25) is 5.43 Å². The first-order chi connectivity index (χ1) is 14.7. The van der Waals surface area contributed by atoms with Crippen molar-refractivity contribution in [1.82, 2.24) is 10.4 Å². The molecule has 0 bridgehead atoms. The Bertz CT molecular complexity index is 1150. The zero-order valence-corrected chi connectivity index (χ0v) is 17.1. The van der Waals surface area contributed by atoms with Gasteiger partial charge in [0.2, 0.25) is 0 Å². The van der Waals surface area contributed by atoms with Crippen LogP contribution in [-0.4, -0.2) is 28.7 Å². The third-order valence-electron chi connectivity index (χ3n) is 4.16. The number of fused-ring (bicyclic) bond motifs is 1. The Labute approximate surface area is 178 Å². The van der Waals surface area contributed by atoms with Crippen molar-refractivity contribution in [3.63, 3.8) is 0 Å². The molecular weight excluding hydrogens is 396 g/mol. The predicted molar refractivity (Wildman–Crippen MR) is 122 cm³/mol. The number of hydrogen-bond acceptors (Lipinski definition) is 6. The summed E-state index contributed by atoms with van der Waals surface area (Å²) < 4.78 is 6.58. The van der Waals surface area contributed by atoms with Gasteiger partial charge >= 0.3 is 0 Å². The largest absolute Gasteiger partial charge is 0.508 e. The van der Waals surface area contributed by atoms with Crippen molar-refractivity contribution in [2.45, 2.75) is 6.92 Å². The highest BCUT2D eigenvalue weighted by molar-refractivity contribution is 7.20. The normalized spacial score (nSPS) is 11.8. The number of hydrogen-bond donors (Lipinski definition) is 2. The fraction of sp³-hybridized carbons (Fsp3) is 0.0870. The van der Waals surface area contributed by atoms with Gasteiger partial charge in [-0.15, -0.1) is 11.3 Å². The summed E-state index contributed by atoms with van der Waals surface area (Å²) in [7, 11) is 0. The number of rotatable bonds is 6. The van der Waals surface area contributed by atoms with Crippen LogP contribution in [0.2, 0.25) is 0 Å². The molecule has 4 rings (SSSR count). The van der Waals surface area contributed by atoms with Gasteiger partial charge in [-0.25, -0.2) is 9.98 Å². The molecule has 0 atom stereocenters. The van der Waals surface area contributed by atoms with Crippen molar-refractivity contribution in [2.75, 3.05) is 6.61 Å². The number of aromatic hydroxyl groups is 1. The number of benzene rings is 3. The van der Waals surface area contributed by atoms with Gasteiger partial charge in [-0.1, -0.05) is 12.1 Å². The lowest BCUT2D eigenvalue weighted by Gasteiger charge is -2.05. The Balaban J connectivity index is 1.63. The summed E-state index contributed by atoms with van der Waals surface area (Å²) in [4.78, 5) is 9.40. The van der Waals surface area contributed by atoms with E-state index in [2.05, 4.69) is 15.5 Å². The second-order valence-corrected chi connectivity index (χ2v) is 7.37. The fourth-order valence-electron chi connectivity index (χ4n) is 2.74. The summed E-state index contributed by atoms with van der Waals surface area (Å²) in [5.74, 6) is 1.57. The molecular formula is C23H20N4O2S. The van der Waals surface area contributed by atoms with Gasteiger partial charge in [0, 0.05) is 0 Å². The van der Waals surface area contributed by atoms with Gasteiger partial charge in [0.25, 0.3) is 0 Å². The van der Waals surface area contributed by atoms with Crippen LogP contribution in [0.15, 0.2) is 82.9 Å². The van der Waals surface area contributed by atoms with Crippen LogP contribution in [0.25, 0.3) is 10.2 Å². The number of aliphatic imine (C=N–C) groups is 1. The highest BCUT2D eigenvalue weighted by Gasteiger charge is 2.10. The number of thiazole rings is 1. The second-order valence-electron chi connectivity index (χ2n) is 6.34. The third-order valence-corrected chi connectivity index (χ3v) is 5.21. The second kappa shape index (κ2) is 9.19. The van der Waals surface area contributed by atoms with E-state index in [0.717, 1.165) is 32.2 Å². The molecule has 0 saturated heterocycles. The maximum absolute atomic E-state index is 9.41. The van der Waals surface area contributed by atoms with E-state index in [1.54, 1.807) is 41.8 Å². The quantitative estimate of drug-likeness (QED) is 0.260. The molecule has 0 aliphatic carbocycles. The Hall–Kier alpha value is -3.71. The molecule has 7 heteroatoms. The van der Waals surface area contributed by atoms with Gasteiger partial charge in [0.15, 0.2) is 10.8 Å². The van der Waals surface area contributed by atoms with Crippen LogP contribution in [0, 0.1) is 0 Å². The highest BCUT2D eigenvalue weighted by atomic mass is 32.1. The number of phenolic OH excluding ortho intramolecular Hbond substituents is 1. The van der Waals surface area contributed by atoms with Gasteiger partial charge in [-0.2, -0.15) is 5.10 Å². The Morgan fingerprint density at radius 2 is 1.83 bits per heavy atom. The van der Waals surface area contributed by atoms with Gasteiger partial charge < -0.3 is 9.84 Å². The van der Waals surface area contributed by atoms with Gasteiger partial charge in [-0.05, 0) is 73.2 Å². The molecule has 4 aromatic rings. The number of nitrogens with zero attached hydrogens (tertiary/aromatic N) is 3. The zero-order valence-electron chi connectivity index (χ0n) is 16.3. The van der Waals surface area contributed by atoms with Crippen molar-refractivity contribution in [3.05, 3.63) is 83.4 Å². The lowest BCUT2D eigenvalue weighted by molar-refractivity contribution is 0.340. The van der Waals surface area contributed by atoms with E-state index >= 15 is 0 Å². The molecule has 0 saturated carbocycles. The Morgan fingerprint density at radius 3 is 2.57 bits per heavy atom. The predicted octanol–water partition coefficient (Wildman–Crippen LogP) is 5.10. The van der Waals surface area contributed by atoms with Crippen LogP contribution < -0.4 is 10.2 Å². The molecule has 3 aromatic carbocycles. The van der Waals surface area contributed by atoms with E-state index in [1.807, 2.05) is 55.5 Å². The minimum absolute atomic E-state index is 0.215. The molecule has 150 valence electrons. The molecule has 30 heavy (non-hydrogen) atoms. The third kappa shape index (κ3) is 4.82. The Morgan fingerprint density at radius 1 is 1.07 bits per heavy atom. The number of nitrogens with one attached hydrogen (secondary N) is 1. The molecule has 0 unspecified atom stereocenters. The monoisotopic (exact) mass is 416 g/mol. The summed E-state index contributed by atoms with van der Waals surface area (Å²) in [5, 5.41) is 14.5. The van der Waals surface area contributed by atoms with E-state index in [-0.39, 0.29) is 5.75 Å². The lowest BCUT2D eigenvalue weighted by Crippen LogP contribution is -2.18. The molecule has 0 spiro atoms. The molecule has 0 aliphatic heterocycles. The van der Waals surface area contributed by atoms with Gasteiger partial charge in [0.05, 0.1) is 28.7 Å². The van der Waals surface area contributed by atoms with Gasteiger partial charge in [0.1, 0.15) is 11.5 Å². The van der Waals surface area contributed by atoms with Crippen LogP contribution in [0.5, 0.6) is 11.5 Å². The van der Waals surface area contributed by atoms with E-state index in [1.165, 1.54) is 0 Å². The first-order valence-electron chi connectivity index (χ1n) is 9.47. The minimum atomic E-state index is 0.215. The highest BCUT2D eigenvalue weighted by Crippen LogP contribution is 2.24. The van der Waals surface area contributed by atoms with Crippen LogP contribution in [0.4, 0.5) is 5.69 Å². The molecule has 0 amide bonds. The SMILES string of the molecule is CCOc1ccc(N=C(NN=Cc2ccc(O)cc2)c2nc3ccccc3s2)cc1.